The Bertz CT molecular complexity index is 364. The normalized spacial score (nSPS) is 10.9. The van der Waals surface area contributed by atoms with Crippen molar-refractivity contribution in [2.75, 3.05) is 0 Å². The third kappa shape index (κ3) is 16.9. The Kier molecular flexibility index (Phi) is 16.8. The third-order valence-corrected chi connectivity index (χ3v) is 4.04. The highest BCUT2D eigenvalue weighted by molar-refractivity contribution is 6.27. The maximum absolute atomic E-state index is 11.2. The van der Waals surface area contributed by atoms with E-state index in [1.54, 1.807) is 0 Å². The van der Waals surface area contributed by atoms with Gasteiger partial charge in [-0.1, -0.05) is 70.4 Å². The van der Waals surface area contributed by atoms with Crippen LogP contribution in [0.25, 0.3) is 0 Å². The number of nitrogens with one attached hydrogen (secondary N) is 1. The molecule has 0 aromatic rings. The van der Waals surface area contributed by atoms with Crippen LogP contribution < -0.4 is 5.32 Å². The molecule has 0 unspecified atom stereocenters. The summed E-state index contributed by atoms with van der Waals surface area (Å²) in [5.74, 6) is -1.21. The van der Waals surface area contributed by atoms with Crippen LogP contribution in [0, 0.1) is 0 Å². The molecule has 4 nitrogen and oxygen atoms in total. The number of carbonyl (C=O) groups is 3. The largest absolute Gasteiger partial charge is 0.292 e. The molecule has 0 aromatic heterocycles. The number of rotatable bonds is 16. The molecule has 0 bridgehead atoms. The number of imide groups is 1. The van der Waals surface area contributed by atoms with Gasteiger partial charge in [0.25, 0.3) is 5.91 Å². The molecule has 0 aliphatic heterocycles. The van der Waals surface area contributed by atoms with Gasteiger partial charge in [0.2, 0.25) is 12.2 Å². The van der Waals surface area contributed by atoms with Crippen LogP contribution in [-0.4, -0.2) is 18.1 Å². The van der Waals surface area contributed by atoms with Gasteiger partial charge in [-0.3, -0.25) is 19.7 Å². The second kappa shape index (κ2) is 17.9. The molecule has 0 rings (SSSR count). The molecule has 0 spiro atoms. The Morgan fingerprint density at radius 1 is 0.750 bits per heavy atom. The van der Waals surface area contributed by atoms with E-state index in [4.69, 9.17) is 0 Å². The van der Waals surface area contributed by atoms with Crippen LogP contribution in [0.15, 0.2) is 12.2 Å². The summed E-state index contributed by atoms with van der Waals surface area (Å²) >= 11 is 0. The van der Waals surface area contributed by atoms with Crippen molar-refractivity contribution in [2.24, 2.45) is 0 Å². The summed E-state index contributed by atoms with van der Waals surface area (Å²) in [6.07, 6.45) is 20.8. The van der Waals surface area contributed by atoms with E-state index < -0.39 is 5.91 Å². The van der Waals surface area contributed by atoms with E-state index >= 15 is 0 Å². The Hall–Kier alpha value is -1.45. The molecule has 24 heavy (non-hydrogen) atoms. The zero-order chi connectivity index (χ0) is 17.9. The van der Waals surface area contributed by atoms with Crippen molar-refractivity contribution in [1.82, 2.24) is 5.32 Å². The first kappa shape index (κ1) is 22.6. The molecule has 0 fully saturated rings. The van der Waals surface area contributed by atoms with Gasteiger partial charge in [-0.05, 0) is 32.1 Å². The van der Waals surface area contributed by atoms with E-state index in [0.717, 1.165) is 25.7 Å². The van der Waals surface area contributed by atoms with Gasteiger partial charge in [0.1, 0.15) is 0 Å². The first-order valence-electron chi connectivity index (χ1n) is 9.64. The van der Waals surface area contributed by atoms with Gasteiger partial charge < -0.3 is 0 Å². The zero-order valence-corrected chi connectivity index (χ0v) is 15.4. The summed E-state index contributed by atoms with van der Waals surface area (Å²) in [4.78, 5) is 32.0. The second-order valence-electron chi connectivity index (χ2n) is 6.36. The second-order valence-corrected chi connectivity index (χ2v) is 6.36. The molecule has 4 heteroatoms. The number of hydrogen-bond acceptors (Lipinski definition) is 3. The van der Waals surface area contributed by atoms with E-state index in [0.29, 0.717) is 6.42 Å². The predicted octanol–water partition coefficient (Wildman–Crippen LogP) is 4.87. The average Bonchev–Trinajstić information content (AvgIpc) is 2.58. The molecular formula is C20H35NO3. The highest BCUT2D eigenvalue weighted by Gasteiger charge is 2.05. The molecular weight excluding hydrogens is 302 g/mol. The lowest BCUT2D eigenvalue weighted by Crippen LogP contribution is -2.30. The Labute approximate surface area is 147 Å². The van der Waals surface area contributed by atoms with E-state index in [-0.39, 0.29) is 12.2 Å². The third-order valence-electron chi connectivity index (χ3n) is 4.04. The van der Waals surface area contributed by atoms with Gasteiger partial charge in [0.15, 0.2) is 0 Å². The SMILES string of the molecule is CCCCCCCC/C=C\CCCCCCCC(=O)NC(=O)C=O. The van der Waals surface area contributed by atoms with Gasteiger partial charge in [-0.15, -0.1) is 0 Å². The first-order valence-corrected chi connectivity index (χ1v) is 9.64. The fourth-order valence-corrected chi connectivity index (χ4v) is 2.59. The molecule has 1 N–H and O–H groups in total. The molecule has 0 heterocycles. The molecule has 2 amide bonds. The van der Waals surface area contributed by atoms with E-state index in [1.807, 2.05) is 5.32 Å². The van der Waals surface area contributed by atoms with Gasteiger partial charge in [0.05, 0.1) is 0 Å². The van der Waals surface area contributed by atoms with Crippen LogP contribution >= 0.6 is 0 Å². The lowest BCUT2D eigenvalue weighted by atomic mass is 10.1. The molecule has 0 saturated heterocycles. The van der Waals surface area contributed by atoms with Crippen LogP contribution in [0.2, 0.25) is 0 Å². The van der Waals surface area contributed by atoms with E-state index in [9.17, 15) is 14.4 Å². The number of carbonyl (C=O) groups excluding carboxylic acids is 3. The van der Waals surface area contributed by atoms with Crippen LogP contribution in [0.1, 0.15) is 96.8 Å². The fraction of sp³-hybridized carbons (Fsp3) is 0.750. The Morgan fingerprint density at radius 3 is 1.79 bits per heavy atom. The van der Waals surface area contributed by atoms with E-state index in [1.165, 1.54) is 57.8 Å². The summed E-state index contributed by atoms with van der Waals surface area (Å²) in [7, 11) is 0. The molecule has 0 aromatic carbocycles. The smallest absolute Gasteiger partial charge is 0.290 e. The van der Waals surface area contributed by atoms with Crippen molar-refractivity contribution in [3.63, 3.8) is 0 Å². The molecule has 0 radical (unpaired) electrons. The number of amides is 2. The minimum Gasteiger partial charge on any atom is -0.292 e. The minimum atomic E-state index is -0.854. The van der Waals surface area contributed by atoms with Crippen LogP contribution in [-0.2, 0) is 14.4 Å². The fourth-order valence-electron chi connectivity index (χ4n) is 2.59. The minimum absolute atomic E-state index is 0.123. The standard InChI is InChI=1S/C20H35NO3/c1-2-3-4-5-6-7-8-9-10-11-12-13-14-15-16-17-19(23)21-20(24)18-22/h9-10,18H,2-8,11-17H2,1H3,(H,21,23,24)/b10-9-. The average molecular weight is 338 g/mol. The zero-order valence-electron chi connectivity index (χ0n) is 15.4. The Balaban J connectivity index is 3.24. The number of allylic oxidation sites excluding steroid dienone is 2. The number of unbranched alkanes of at least 4 members (excludes halogenated alkanes) is 11. The number of aldehydes is 1. The lowest BCUT2D eigenvalue weighted by molar-refractivity contribution is -0.136. The van der Waals surface area contributed by atoms with Crippen molar-refractivity contribution in [2.45, 2.75) is 96.8 Å². The number of hydrogen-bond donors (Lipinski definition) is 1. The summed E-state index contributed by atoms with van der Waals surface area (Å²) < 4.78 is 0. The van der Waals surface area contributed by atoms with Crippen molar-refractivity contribution in [1.29, 1.82) is 0 Å². The summed E-state index contributed by atoms with van der Waals surface area (Å²) in [6, 6.07) is 0. The molecule has 0 aliphatic carbocycles. The van der Waals surface area contributed by atoms with Gasteiger partial charge in [0, 0.05) is 6.42 Å². The monoisotopic (exact) mass is 337 g/mol. The topological polar surface area (TPSA) is 63.2 Å². The van der Waals surface area contributed by atoms with E-state index in [2.05, 4.69) is 19.1 Å². The van der Waals surface area contributed by atoms with Crippen LogP contribution in [0.4, 0.5) is 0 Å². The summed E-state index contributed by atoms with van der Waals surface area (Å²) in [5.41, 5.74) is 0. The summed E-state index contributed by atoms with van der Waals surface area (Å²) in [6.45, 7) is 2.25. The first-order chi connectivity index (χ1) is 11.7. The van der Waals surface area contributed by atoms with Crippen LogP contribution in [0.5, 0.6) is 0 Å². The predicted molar refractivity (Wildman–Crippen MR) is 98.7 cm³/mol. The van der Waals surface area contributed by atoms with Crippen molar-refractivity contribution in [3.8, 4) is 0 Å². The molecule has 0 atom stereocenters. The van der Waals surface area contributed by atoms with Gasteiger partial charge >= 0.3 is 0 Å². The van der Waals surface area contributed by atoms with Crippen molar-refractivity contribution < 1.29 is 14.4 Å². The van der Waals surface area contributed by atoms with Crippen LogP contribution in [0.3, 0.4) is 0 Å². The maximum Gasteiger partial charge on any atom is 0.290 e. The molecule has 0 saturated carbocycles. The summed E-state index contributed by atoms with van der Waals surface area (Å²) in [5, 5.41) is 2.02. The van der Waals surface area contributed by atoms with Gasteiger partial charge in [-0.25, -0.2) is 0 Å². The van der Waals surface area contributed by atoms with Gasteiger partial charge in [-0.2, -0.15) is 0 Å². The van der Waals surface area contributed by atoms with Crippen molar-refractivity contribution >= 4 is 18.1 Å². The highest BCUT2D eigenvalue weighted by Crippen LogP contribution is 2.09. The quantitative estimate of drug-likeness (QED) is 0.189. The highest BCUT2D eigenvalue weighted by atomic mass is 16.2. The maximum atomic E-state index is 11.2. The lowest BCUT2D eigenvalue weighted by Gasteiger charge is -2.01. The molecule has 0 aliphatic rings. The molecule has 138 valence electrons. The van der Waals surface area contributed by atoms with Crippen molar-refractivity contribution in [3.05, 3.63) is 12.2 Å². The Morgan fingerprint density at radius 2 is 1.25 bits per heavy atom.